The van der Waals surface area contributed by atoms with E-state index in [1.165, 1.54) is 0 Å². The third-order valence-electron chi connectivity index (χ3n) is 4.58. The van der Waals surface area contributed by atoms with Gasteiger partial charge in [0.2, 0.25) is 6.10 Å². The van der Waals surface area contributed by atoms with E-state index in [0.717, 1.165) is 58.0 Å². The molecule has 0 aromatic heterocycles. The third-order valence-corrected chi connectivity index (χ3v) is 4.58. The predicted molar refractivity (Wildman–Crippen MR) is 147 cm³/mol. The van der Waals surface area contributed by atoms with Crippen LogP contribution >= 0.6 is 0 Å². The number of carbonyl (C=O) groups excluding carboxylic acids is 2. The molecule has 0 aliphatic rings. The summed E-state index contributed by atoms with van der Waals surface area (Å²) in [4.78, 5) is 50.2. The van der Waals surface area contributed by atoms with Crippen LogP contribution in [0.3, 0.4) is 0 Å². The van der Waals surface area contributed by atoms with Crippen molar-refractivity contribution < 1.29 is 83.9 Å². The molecule has 1 atom stereocenters. The van der Waals surface area contributed by atoms with Crippen molar-refractivity contribution >= 4 is 35.7 Å². The van der Waals surface area contributed by atoms with Gasteiger partial charge in [-0.25, -0.2) is 14.4 Å². The fourth-order valence-corrected chi connectivity index (χ4v) is 2.29. The highest BCUT2D eigenvalue weighted by Crippen LogP contribution is 2.14. The number of nitrogens with one attached hydrogen (secondary N) is 5. The fourth-order valence-electron chi connectivity index (χ4n) is 2.29. The van der Waals surface area contributed by atoms with Crippen molar-refractivity contribution in [1.29, 1.82) is 5.41 Å². The minimum absolute atomic E-state index is 0.0336. The maximum absolute atomic E-state index is 11.7. The van der Waals surface area contributed by atoms with Crippen molar-refractivity contribution in [3.63, 3.8) is 0 Å². The molecule has 2 amide bonds. The van der Waals surface area contributed by atoms with Gasteiger partial charge in [-0.2, -0.15) is 39.5 Å². The summed E-state index contributed by atoms with van der Waals surface area (Å²) >= 11 is 0. The summed E-state index contributed by atoms with van der Waals surface area (Å²) in [5.74, 6) is -9.64. The van der Waals surface area contributed by atoms with E-state index >= 15 is 0 Å². The van der Waals surface area contributed by atoms with Crippen molar-refractivity contribution in [3.8, 4) is 0 Å². The second-order valence-electron chi connectivity index (χ2n) is 8.75. The lowest BCUT2D eigenvalue weighted by Gasteiger charge is -2.12. The lowest BCUT2D eigenvalue weighted by Crippen LogP contribution is -2.46. The van der Waals surface area contributed by atoms with Crippen LogP contribution in [-0.4, -0.2) is 120 Å². The zero-order valence-electron chi connectivity index (χ0n) is 25.2. The van der Waals surface area contributed by atoms with Gasteiger partial charge in [-0.05, 0) is 51.7 Å². The second-order valence-corrected chi connectivity index (χ2v) is 8.75. The molecule has 0 rings (SSSR count). The number of halogens is 9. The van der Waals surface area contributed by atoms with E-state index in [-0.39, 0.29) is 5.96 Å². The monoisotopic (exact) mass is 729 g/mol. The van der Waals surface area contributed by atoms with E-state index in [1.807, 2.05) is 0 Å². The number of nitrogens with two attached hydrogens (primary N) is 2. The Labute approximate surface area is 267 Å². The number of carboxylic acid groups (broad SMARTS) is 3. The number of alkyl halides is 9. The van der Waals surface area contributed by atoms with Gasteiger partial charge in [-0.3, -0.25) is 15.0 Å². The zero-order valence-corrected chi connectivity index (χ0v) is 25.2. The van der Waals surface area contributed by atoms with Gasteiger partial charge in [0.25, 0.3) is 11.8 Å². The fraction of sp³-hybridized carbons (Fsp3) is 0.739. The average molecular weight is 730 g/mol. The molecule has 16 nitrogen and oxygen atoms in total. The van der Waals surface area contributed by atoms with E-state index in [0.29, 0.717) is 26.2 Å². The van der Waals surface area contributed by atoms with Crippen molar-refractivity contribution in [2.75, 3.05) is 39.3 Å². The number of amides is 2. The highest BCUT2D eigenvalue weighted by molar-refractivity contribution is 6.02. The Morgan fingerprint density at radius 2 is 0.833 bits per heavy atom. The first-order valence-electron chi connectivity index (χ1n) is 13.4. The van der Waals surface area contributed by atoms with Crippen LogP contribution in [0.5, 0.6) is 0 Å². The Kier molecular flexibility index (Phi) is 29.5. The minimum atomic E-state index is -5.08. The smallest absolute Gasteiger partial charge is 0.475 e. The molecule has 0 saturated carbocycles. The SMILES string of the molecule is N=C(N)NCCCCCCNC(=O)C(O)C(=O)NCCCCNCCCN.O=C(O)C(F)(F)F.O=C(O)C(F)(F)F.O=C(O)C(F)(F)F. The van der Waals surface area contributed by atoms with Crippen molar-refractivity contribution in [1.82, 2.24) is 21.3 Å². The first-order chi connectivity index (χ1) is 21.8. The Morgan fingerprint density at radius 3 is 1.12 bits per heavy atom. The highest BCUT2D eigenvalue weighted by atomic mass is 19.4. The molecular weight excluding hydrogens is 689 g/mol. The lowest BCUT2D eigenvalue weighted by atomic mass is 10.2. The van der Waals surface area contributed by atoms with Crippen LogP contribution in [0.2, 0.25) is 0 Å². The van der Waals surface area contributed by atoms with Gasteiger partial charge in [0.15, 0.2) is 5.96 Å². The van der Waals surface area contributed by atoms with Gasteiger partial charge < -0.3 is 53.2 Å². The number of hydrogen-bond donors (Lipinski definition) is 11. The van der Waals surface area contributed by atoms with Gasteiger partial charge in [0.1, 0.15) is 0 Å². The predicted octanol–water partition coefficient (Wildman–Crippen LogP) is 0.242. The largest absolute Gasteiger partial charge is 0.490 e. The van der Waals surface area contributed by atoms with Gasteiger partial charge in [0, 0.05) is 19.6 Å². The molecule has 0 aliphatic heterocycles. The number of rotatable bonds is 17. The molecule has 48 heavy (non-hydrogen) atoms. The molecule has 13 N–H and O–H groups in total. The van der Waals surface area contributed by atoms with Gasteiger partial charge in [-0.1, -0.05) is 12.8 Å². The standard InChI is InChI=1S/C17H37N7O3.3C2HF3O2/c18-8-7-10-21-9-5-6-12-23-16(27)14(25)15(26)22-11-3-1-2-4-13-24-17(19)20;3*3-2(4,5)1(6)7/h14,21,25H,1-13,18H2,(H,22,26)(H,23,27)(H4,19,20,24);3*(H,6,7). The highest BCUT2D eigenvalue weighted by Gasteiger charge is 2.39. The quantitative estimate of drug-likeness (QED) is 0.0315. The molecule has 284 valence electrons. The van der Waals surface area contributed by atoms with Crippen LogP contribution in [0.4, 0.5) is 39.5 Å². The molecule has 1 unspecified atom stereocenters. The Hall–Kier alpha value is -4.13. The van der Waals surface area contributed by atoms with Gasteiger partial charge >= 0.3 is 36.4 Å². The molecule has 0 aliphatic carbocycles. The van der Waals surface area contributed by atoms with Crippen molar-refractivity contribution in [2.45, 2.75) is 69.6 Å². The second kappa shape index (κ2) is 27.9. The third kappa shape index (κ3) is 38.1. The molecule has 0 radical (unpaired) electrons. The van der Waals surface area contributed by atoms with Crippen LogP contribution < -0.4 is 32.7 Å². The average Bonchev–Trinajstić information content (AvgIpc) is 2.94. The van der Waals surface area contributed by atoms with Crippen LogP contribution in [-0.2, 0) is 24.0 Å². The van der Waals surface area contributed by atoms with Crippen molar-refractivity contribution in [2.24, 2.45) is 11.5 Å². The molecule has 0 fully saturated rings. The Bertz CT molecular complexity index is 897. The number of aliphatic carboxylic acids is 3. The van der Waals surface area contributed by atoms with Gasteiger partial charge in [-0.15, -0.1) is 0 Å². The first kappa shape index (κ1) is 50.7. The first-order valence-corrected chi connectivity index (χ1v) is 13.4. The summed E-state index contributed by atoms with van der Waals surface area (Å²) < 4.78 is 95.2. The maximum atomic E-state index is 11.7. The van der Waals surface area contributed by atoms with E-state index in [4.69, 9.17) is 46.6 Å². The Morgan fingerprint density at radius 1 is 0.562 bits per heavy atom. The summed E-state index contributed by atoms with van der Waals surface area (Å²) in [6.45, 7) is 3.90. The zero-order chi connectivity index (χ0) is 38.6. The molecule has 25 heteroatoms. The van der Waals surface area contributed by atoms with E-state index < -0.39 is 54.4 Å². The van der Waals surface area contributed by atoms with Crippen LogP contribution in [0.15, 0.2) is 0 Å². The normalized spacial score (nSPS) is 11.5. The number of aliphatic hydroxyl groups excluding tert-OH is 1. The Balaban J connectivity index is -0.000000369. The number of aliphatic hydroxyl groups is 1. The topological polar surface area (TPSA) is 290 Å². The summed E-state index contributed by atoms with van der Waals surface area (Å²) in [5.41, 5.74) is 10.6. The number of unbranched alkanes of at least 4 members (excludes halogenated alkanes) is 4. The molecular formula is C23H40F9N7O9. The number of hydrogen-bond acceptors (Lipinski definition) is 9. The summed E-state index contributed by atoms with van der Waals surface area (Å²) in [6.07, 6.45) is -10.8. The van der Waals surface area contributed by atoms with E-state index in [1.54, 1.807) is 0 Å². The number of carboxylic acids is 3. The molecule has 0 saturated heterocycles. The summed E-state index contributed by atoms with van der Waals surface area (Å²) in [5, 5.41) is 49.2. The van der Waals surface area contributed by atoms with Crippen LogP contribution in [0.1, 0.15) is 44.9 Å². The lowest BCUT2D eigenvalue weighted by molar-refractivity contribution is -0.193. The van der Waals surface area contributed by atoms with Gasteiger partial charge in [0.05, 0.1) is 0 Å². The maximum Gasteiger partial charge on any atom is 0.490 e. The summed E-state index contributed by atoms with van der Waals surface area (Å²) in [6, 6.07) is 0. The summed E-state index contributed by atoms with van der Waals surface area (Å²) in [7, 11) is 0. The number of guanidine groups is 1. The molecule has 0 aromatic rings. The van der Waals surface area contributed by atoms with Crippen LogP contribution in [0, 0.1) is 5.41 Å². The minimum Gasteiger partial charge on any atom is -0.475 e. The molecule has 0 bridgehead atoms. The molecule has 0 heterocycles. The van der Waals surface area contributed by atoms with E-state index in [2.05, 4.69) is 21.3 Å². The van der Waals surface area contributed by atoms with Crippen LogP contribution in [0.25, 0.3) is 0 Å². The van der Waals surface area contributed by atoms with E-state index in [9.17, 15) is 54.2 Å². The molecule has 0 spiro atoms. The number of carbonyl (C=O) groups is 5. The molecule has 0 aromatic carbocycles. The van der Waals surface area contributed by atoms with Crippen molar-refractivity contribution in [3.05, 3.63) is 0 Å².